The molecule has 0 saturated heterocycles. The van der Waals surface area contributed by atoms with Crippen molar-refractivity contribution < 1.29 is 0 Å². The van der Waals surface area contributed by atoms with Gasteiger partial charge in [-0.05, 0) is 39.5 Å². The summed E-state index contributed by atoms with van der Waals surface area (Å²) >= 11 is 0. The molecule has 2 N–H and O–H groups in total. The van der Waals surface area contributed by atoms with Gasteiger partial charge in [-0.1, -0.05) is 13.8 Å². The van der Waals surface area contributed by atoms with Gasteiger partial charge in [0.2, 0.25) is 0 Å². The van der Waals surface area contributed by atoms with Crippen LogP contribution in [-0.2, 0) is 0 Å². The van der Waals surface area contributed by atoms with Crippen molar-refractivity contribution in [1.29, 1.82) is 0 Å². The van der Waals surface area contributed by atoms with Crippen molar-refractivity contribution in [3.8, 4) is 0 Å². The van der Waals surface area contributed by atoms with Crippen LogP contribution in [-0.4, -0.2) is 29.0 Å². The Morgan fingerprint density at radius 1 is 1.40 bits per heavy atom. The summed E-state index contributed by atoms with van der Waals surface area (Å²) in [6, 6.07) is 0.438. The fourth-order valence-corrected chi connectivity index (χ4v) is 2.37. The van der Waals surface area contributed by atoms with E-state index >= 15 is 0 Å². The second-order valence-corrected chi connectivity index (χ2v) is 5.57. The first-order valence-electron chi connectivity index (χ1n) is 5.96. The quantitative estimate of drug-likeness (QED) is 0.774. The van der Waals surface area contributed by atoms with Crippen LogP contribution >= 0.6 is 0 Å². The van der Waals surface area contributed by atoms with Crippen LogP contribution in [0.1, 0.15) is 47.5 Å². The van der Waals surface area contributed by atoms with Gasteiger partial charge in [0.1, 0.15) is 0 Å². The van der Waals surface area contributed by atoms with E-state index in [2.05, 4.69) is 44.5 Å². The number of rotatable bonds is 4. The lowest BCUT2D eigenvalue weighted by molar-refractivity contribution is 0.163. The van der Waals surface area contributed by atoms with E-state index in [4.69, 9.17) is 5.73 Å². The Morgan fingerprint density at radius 2 is 2.00 bits per heavy atom. The summed E-state index contributed by atoms with van der Waals surface area (Å²) in [6.07, 6.45) is 2.41. The largest absolute Gasteiger partial charge is 0.370 e. The third-order valence-corrected chi connectivity index (χ3v) is 3.19. The van der Waals surface area contributed by atoms with E-state index in [1.54, 1.807) is 0 Å². The van der Waals surface area contributed by atoms with E-state index in [1.165, 1.54) is 12.8 Å². The summed E-state index contributed by atoms with van der Waals surface area (Å²) in [7, 11) is 0. The van der Waals surface area contributed by atoms with Crippen molar-refractivity contribution in [2.45, 2.75) is 59.0 Å². The highest BCUT2D eigenvalue weighted by molar-refractivity contribution is 5.81. The first-order valence-corrected chi connectivity index (χ1v) is 5.96. The summed E-state index contributed by atoms with van der Waals surface area (Å²) in [5.41, 5.74) is 6.08. The molecule has 3 heteroatoms. The standard InChI is InChI=1S/C12H25N3/c1-9(2)6-7-12(5)8-14-11(13)15(12)10(3)4/h9-10H,6-8H2,1-5H3,(H2,13,14). The third-order valence-electron chi connectivity index (χ3n) is 3.19. The summed E-state index contributed by atoms with van der Waals surface area (Å²) in [5, 5.41) is 0. The van der Waals surface area contributed by atoms with E-state index in [-0.39, 0.29) is 5.54 Å². The maximum absolute atomic E-state index is 5.94. The van der Waals surface area contributed by atoms with Crippen molar-refractivity contribution in [3.05, 3.63) is 0 Å². The lowest BCUT2D eigenvalue weighted by atomic mass is 9.90. The van der Waals surface area contributed by atoms with Crippen LogP contribution in [0.5, 0.6) is 0 Å². The predicted octanol–water partition coefficient (Wildman–Crippen LogP) is 2.22. The van der Waals surface area contributed by atoms with Gasteiger partial charge in [0, 0.05) is 6.04 Å². The highest BCUT2D eigenvalue weighted by Gasteiger charge is 2.38. The SMILES string of the molecule is CC(C)CCC1(C)CN=C(N)N1C(C)C. The molecule has 15 heavy (non-hydrogen) atoms. The molecule has 88 valence electrons. The summed E-state index contributed by atoms with van der Waals surface area (Å²) in [5.74, 6) is 1.47. The molecule has 1 unspecified atom stereocenters. The molecule has 0 radical (unpaired) electrons. The van der Waals surface area contributed by atoms with Gasteiger partial charge in [0.15, 0.2) is 5.96 Å². The van der Waals surface area contributed by atoms with Gasteiger partial charge in [0.25, 0.3) is 0 Å². The summed E-state index contributed by atoms with van der Waals surface area (Å²) in [4.78, 5) is 6.66. The van der Waals surface area contributed by atoms with Crippen LogP contribution in [0.15, 0.2) is 4.99 Å². The van der Waals surface area contributed by atoms with Crippen LogP contribution in [0, 0.1) is 5.92 Å². The lowest BCUT2D eigenvalue weighted by Crippen LogP contribution is -2.53. The number of hydrogen-bond donors (Lipinski definition) is 1. The second-order valence-electron chi connectivity index (χ2n) is 5.57. The zero-order valence-corrected chi connectivity index (χ0v) is 10.7. The van der Waals surface area contributed by atoms with Crippen LogP contribution in [0.25, 0.3) is 0 Å². The van der Waals surface area contributed by atoms with E-state index in [1.807, 2.05) is 0 Å². The molecule has 1 aliphatic heterocycles. The van der Waals surface area contributed by atoms with Crippen molar-refractivity contribution in [3.63, 3.8) is 0 Å². The minimum absolute atomic E-state index is 0.141. The van der Waals surface area contributed by atoms with Crippen LogP contribution < -0.4 is 5.73 Å². The number of nitrogens with two attached hydrogens (primary N) is 1. The predicted molar refractivity (Wildman–Crippen MR) is 65.9 cm³/mol. The minimum Gasteiger partial charge on any atom is -0.370 e. The van der Waals surface area contributed by atoms with E-state index in [0.717, 1.165) is 18.4 Å². The molecular formula is C12H25N3. The Morgan fingerprint density at radius 3 is 2.47 bits per heavy atom. The van der Waals surface area contributed by atoms with Gasteiger partial charge in [-0.3, -0.25) is 4.99 Å². The fraction of sp³-hybridized carbons (Fsp3) is 0.917. The molecule has 0 spiro atoms. The molecular weight excluding hydrogens is 186 g/mol. The summed E-state index contributed by atoms with van der Waals surface area (Å²) < 4.78 is 0. The molecule has 1 aliphatic rings. The van der Waals surface area contributed by atoms with Crippen molar-refractivity contribution in [2.75, 3.05) is 6.54 Å². The van der Waals surface area contributed by atoms with Gasteiger partial charge in [-0.15, -0.1) is 0 Å². The number of guanidine groups is 1. The first-order chi connectivity index (χ1) is 6.87. The molecule has 0 fully saturated rings. The van der Waals surface area contributed by atoms with E-state index in [9.17, 15) is 0 Å². The number of aliphatic imine (C=N–C) groups is 1. The molecule has 0 saturated carbocycles. The summed E-state index contributed by atoms with van der Waals surface area (Å²) in [6.45, 7) is 12.0. The average molecular weight is 211 g/mol. The maximum atomic E-state index is 5.94. The Labute approximate surface area is 93.7 Å². The number of nitrogens with zero attached hydrogens (tertiary/aromatic N) is 2. The van der Waals surface area contributed by atoms with Gasteiger partial charge in [-0.25, -0.2) is 0 Å². The smallest absolute Gasteiger partial charge is 0.192 e. The van der Waals surface area contributed by atoms with E-state index < -0.39 is 0 Å². The molecule has 0 bridgehead atoms. The molecule has 0 aromatic heterocycles. The molecule has 1 atom stereocenters. The van der Waals surface area contributed by atoms with Gasteiger partial charge in [0.05, 0.1) is 12.1 Å². The lowest BCUT2D eigenvalue weighted by Gasteiger charge is -2.39. The first kappa shape index (κ1) is 12.3. The molecule has 0 aliphatic carbocycles. The van der Waals surface area contributed by atoms with E-state index in [0.29, 0.717) is 6.04 Å². The van der Waals surface area contributed by atoms with Crippen LogP contribution in [0.3, 0.4) is 0 Å². The van der Waals surface area contributed by atoms with Gasteiger partial charge in [-0.2, -0.15) is 0 Å². The van der Waals surface area contributed by atoms with Crippen LogP contribution in [0.2, 0.25) is 0 Å². The second kappa shape index (κ2) is 4.42. The normalized spacial score (nSPS) is 26.6. The zero-order chi connectivity index (χ0) is 11.6. The molecule has 0 amide bonds. The Balaban J connectivity index is 2.68. The fourth-order valence-electron chi connectivity index (χ4n) is 2.37. The van der Waals surface area contributed by atoms with Gasteiger partial charge >= 0.3 is 0 Å². The average Bonchev–Trinajstić information content (AvgIpc) is 2.40. The Bertz CT molecular complexity index is 245. The van der Waals surface area contributed by atoms with Crippen molar-refractivity contribution in [2.24, 2.45) is 16.6 Å². The molecule has 1 rings (SSSR count). The van der Waals surface area contributed by atoms with Crippen molar-refractivity contribution in [1.82, 2.24) is 4.90 Å². The molecule has 0 aromatic carbocycles. The Hall–Kier alpha value is -0.730. The maximum Gasteiger partial charge on any atom is 0.192 e. The third kappa shape index (κ3) is 2.64. The highest BCUT2D eigenvalue weighted by atomic mass is 15.4. The Kier molecular flexibility index (Phi) is 3.63. The van der Waals surface area contributed by atoms with Gasteiger partial charge < -0.3 is 10.6 Å². The molecule has 3 nitrogen and oxygen atoms in total. The minimum atomic E-state index is 0.141. The monoisotopic (exact) mass is 211 g/mol. The van der Waals surface area contributed by atoms with Crippen LogP contribution in [0.4, 0.5) is 0 Å². The number of hydrogen-bond acceptors (Lipinski definition) is 3. The molecule has 0 aromatic rings. The zero-order valence-electron chi connectivity index (χ0n) is 10.7. The highest BCUT2D eigenvalue weighted by Crippen LogP contribution is 2.29. The molecule has 1 heterocycles. The van der Waals surface area contributed by atoms with Crippen molar-refractivity contribution >= 4 is 5.96 Å². The topological polar surface area (TPSA) is 41.6 Å².